The Labute approximate surface area is 121 Å². The molecular formula is C13H16N4O4. The summed E-state index contributed by atoms with van der Waals surface area (Å²) < 4.78 is 5.52. The van der Waals surface area contributed by atoms with Crippen LogP contribution in [0.2, 0.25) is 0 Å². The summed E-state index contributed by atoms with van der Waals surface area (Å²) in [6.07, 6.45) is 1.18. The monoisotopic (exact) mass is 292 g/mol. The van der Waals surface area contributed by atoms with Crippen LogP contribution in [0.5, 0.6) is 0 Å². The number of pyridine rings is 1. The SMILES string of the molecule is Nc1ccc(N2CC3(CCN(C(=O)O)CC3)OC2=O)cn1. The number of anilines is 2. The highest BCUT2D eigenvalue weighted by Gasteiger charge is 2.48. The van der Waals surface area contributed by atoms with Gasteiger partial charge < -0.3 is 20.5 Å². The van der Waals surface area contributed by atoms with Crippen molar-refractivity contribution in [1.82, 2.24) is 9.88 Å². The second kappa shape index (κ2) is 4.80. The first kappa shape index (κ1) is 13.5. The molecule has 3 heterocycles. The summed E-state index contributed by atoms with van der Waals surface area (Å²) in [5.74, 6) is 0.385. The highest BCUT2D eigenvalue weighted by Crippen LogP contribution is 2.35. The molecule has 3 N–H and O–H groups in total. The number of carbonyl (C=O) groups is 2. The Morgan fingerprint density at radius 2 is 2.10 bits per heavy atom. The third-order valence-corrected chi connectivity index (χ3v) is 4.00. The number of hydrogen-bond acceptors (Lipinski definition) is 5. The molecule has 2 saturated heterocycles. The predicted molar refractivity (Wildman–Crippen MR) is 74.0 cm³/mol. The van der Waals surface area contributed by atoms with Crippen LogP contribution >= 0.6 is 0 Å². The van der Waals surface area contributed by atoms with E-state index in [2.05, 4.69) is 4.98 Å². The average molecular weight is 292 g/mol. The maximum atomic E-state index is 12.1. The molecule has 0 saturated carbocycles. The van der Waals surface area contributed by atoms with E-state index in [1.807, 2.05) is 0 Å². The molecule has 1 aromatic heterocycles. The molecule has 3 rings (SSSR count). The van der Waals surface area contributed by atoms with Crippen molar-refractivity contribution in [2.24, 2.45) is 0 Å². The van der Waals surface area contributed by atoms with Crippen LogP contribution in [0, 0.1) is 0 Å². The summed E-state index contributed by atoms with van der Waals surface area (Å²) in [7, 11) is 0. The minimum absolute atomic E-state index is 0.371. The van der Waals surface area contributed by atoms with Gasteiger partial charge in [-0.15, -0.1) is 0 Å². The highest BCUT2D eigenvalue weighted by molar-refractivity contribution is 5.90. The van der Waals surface area contributed by atoms with Gasteiger partial charge in [0.2, 0.25) is 0 Å². The number of carbonyl (C=O) groups excluding carboxylic acids is 1. The van der Waals surface area contributed by atoms with Crippen molar-refractivity contribution in [2.75, 3.05) is 30.3 Å². The zero-order chi connectivity index (χ0) is 15.0. The standard InChI is InChI=1S/C13H16N4O4/c14-10-2-1-9(7-15-10)17-8-13(21-12(17)20)3-5-16(6-4-13)11(18)19/h1-2,7H,3-6,8H2,(H2,14,15)(H,18,19). The maximum Gasteiger partial charge on any atom is 0.415 e. The van der Waals surface area contributed by atoms with Crippen molar-refractivity contribution >= 4 is 23.7 Å². The van der Waals surface area contributed by atoms with Crippen molar-refractivity contribution in [2.45, 2.75) is 18.4 Å². The molecule has 0 aromatic carbocycles. The molecule has 2 aliphatic heterocycles. The lowest BCUT2D eigenvalue weighted by atomic mass is 9.91. The van der Waals surface area contributed by atoms with E-state index in [9.17, 15) is 9.59 Å². The first-order chi connectivity index (χ1) is 9.99. The molecule has 0 unspecified atom stereocenters. The quantitative estimate of drug-likeness (QED) is 0.803. The van der Waals surface area contributed by atoms with Crippen LogP contribution in [-0.2, 0) is 4.74 Å². The Hall–Kier alpha value is -2.51. The van der Waals surface area contributed by atoms with Crippen molar-refractivity contribution in [3.63, 3.8) is 0 Å². The number of aromatic nitrogens is 1. The minimum atomic E-state index is -0.936. The smallest absolute Gasteiger partial charge is 0.415 e. The molecule has 0 aliphatic carbocycles. The fraction of sp³-hybridized carbons (Fsp3) is 0.462. The van der Waals surface area contributed by atoms with Crippen LogP contribution in [0.3, 0.4) is 0 Å². The summed E-state index contributed by atoms with van der Waals surface area (Å²) >= 11 is 0. The molecule has 2 fully saturated rings. The zero-order valence-electron chi connectivity index (χ0n) is 11.4. The lowest BCUT2D eigenvalue weighted by molar-refractivity contribution is 0.00453. The van der Waals surface area contributed by atoms with Gasteiger partial charge in [0.15, 0.2) is 0 Å². The van der Waals surface area contributed by atoms with Crippen molar-refractivity contribution < 1.29 is 19.4 Å². The summed E-state index contributed by atoms with van der Waals surface area (Å²) in [5, 5.41) is 8.97. The van der Waals surface area contributed by atoms with Crippen LogP contribution in [-0.4, -0.2) is 52.4 Å². The average Bonchev–Trinajstić information content (AvgIpc) is 2.77. The van der Waals surface area contributed by atoms with Crippen LogP contribution < -0.4 is 10.6 Å². The fourth-order valence-corrected chi connectivity index (χ4v) is 2.74. The summed E-state index contributed by atoms with van der Waals surface area (Å²) in [6.45, 7) is 1.15. The van der Waals surface area contributed by atoms with Gasteiger partial charge in [0.25, 0.3) is 0 Å². The topological polar surface area (TPSA) is 109 Å². The van der Waals surface area contributed by atoms with Gasteiger partial charge in [-0.1, -0.05) is 0 Å². The van der Waals surface area contributed by atoms with E-state index in [1.165, 1.54) is 16.0 Å². The molecular weight excluding hydrogens is 276 g/mol. The third-order valence-electron chi connectivity index (χ3n) is 4.00. The Morgan fingerprint density at radius 1 is 1.38 bits per heavy atom. The number of carboxylic acid groups (broad SMARTS) is 1. The van der Waals surface area contributed by atoms with Gasteiger partial charge in [-0.3, -0.25) is 4.90 Å². The number of nitrogen functional groups attached to an aromatic ring is 1. The largest absolute Gasteiger partial charge is 0.465 e. The number of piperidine rings is 1. The maximum absolute atomic E-state index is 12.1. The number of nitrogens with zero attached hydrogens (tertiary/aromatic N) is 3. The number of amides is 2. The molecule has 0 atom stereocenters. The van der Waals surface area contributed by atoms with Gasteiger partial charge in [0.05, 0.1) is 18.4 Å². The molecule has 8 nitrogen and oxygen atoms in total. The van der Waals surface area contributed by atoms with Crippen LogP contribution in [0.25, 0.3) is 0 Å². The molecule has 1 aromatic rings. The van der Waals surface area contributed by atoms with Gasteiger partial charge >= 0.3 is 12.2 Å². The summed E-state index contributed by atoms with van der Waals surface area (Å²) in [6, 6.07) is 3.34. The molecule has 112 valence electrons. The molecule has 2 aliphatic rings. The van der Waals surface area contributed by atoms with Gasteiger partial charge in [-0.2, -0.15) is 0 Å². The fourth-order valence-electron chi connectivity index (χ4n) is 2.74. The van der Waals surface area contributed by atoms with Crippen molar-refractivity contribution in [1.29, 1.82) is 0 Å². The van der Waals surface area contributed by atoms with Crippen LogP contribution in [0.1, 0.15) is 12.8 Å². The first-order valence-electron chi connectivity index (χ1n) is 6.69. The lowest BCUT2D eigenvalue weighted by Crippen LogP contribution is -2.48. The van der Waals surface area contributed by atoms with Gasteiger partial charge in [-0.05, 0) is 12.1 Å². The molecule has 8 heteroatoms. The van der Waals surface area contributed by atoms with Crippen molar-refractivity contribution in [3.8, 4) is 0 Å². The molecule has 0 radical (unpaired) electrons. The molecule has 1 spiro atoms. The van der Waals surface area contributed by atoms with E-state index in [0.29, 0.717) is 44.0 Å². The summed E-state index contributed by atoms with van der Waals surface area (Å²) in [5.41, 5.74) is 5.56. The Bertz CT molecular complexity index is 566. The van der Waals surface area contributed by atoms with Gasteiger partial charge in [0.1, 0.15) is 11.4 Å². The van der Waals surface area contributed by atoms with E-state index >= 15 is 0 Å². The lowest BCUT2D eigenvalue weighted by Gasteiger charge is -2.35. The van der Waals surface area contributed by atoms with Crippen molar-refractivity contribution in [3.05, 3.63) is 18.3 Å². The Morgan fingerprint density at radius 3 is 2.67 bits per heavy atom. The highest BCUT2D eigenvalue weighted by atomic mass is 16.6. The Balaban J connectivity index is 1.73. The van der Waals surface area contributed by atoms with E-state index in [4.69, 9.17) is 15.6 Å². The van der Waals surface area contributed by atoms with Gasteiger partial charge in [0, 0.05) is 25.9 Å². The second-order valence-electron chi connectivity index (χ2n) is 5.35. The molecule has 21 heavy (non-hydrogen) atoms. The van der Waals surface area contributed by atoms with E-state index in [0.717, 1.165) is 0 Å². The predicted octanol–water partition coefficient (Wildman–Crippen LogP) is 1.13. The number of likely N-dealkylation sites (tertiary alicyclic amines) is 1. The van der Waals surface area contributed by atoms with E-state index < -0.39 is 17.8 Å². The first-order valence-corrected chi connectivity index (χ1v) is 6.69. The number of nitrogens with two attached hydrogens (primary N) is 1. The number of rotatable bonds is 1. The van der Waals surface area contributed by atoms with Crippen LogP contribution in [0.4, 0.5) is 21.1 Å². The van der Waals surface area contributed by atoms with E-state index in [-0.39, 0.29) is 0 Å². The van der Waals surface area contributed by atoms with Gasteiger partial charge in [-0.25, -0.2) is 14.6 Å². The number of hydrogen-bond donors (Lipinski definition) is 2. The second-order valence-corrected chi connectivity index (χ2v) is 5.35. The minimum Gasteiger partial charge on any atom is -0.465 e. The molecule has 2 amide bonds. The zero-order valence-corrected chi connectivity index (χ0v) is 11.4. The van der Waals surface area contributed by atoms with Crippen LogP contribution in [0.15, 0.2) is 18.3 Å². The van der Waals surface area contributed by atoms with E-state index in [1.54, 1.807) is 12.1 Å². The summed E-state index contributed by atoms with van der Waals surface area (Å²) in [4.78, 5) is 29.8. The molecule has 0 bridgehead atoms. The normalized spacial score (nSPS) is 20.7. The third kappa shape index (κ3) is 2.44. The Kier molecular flexibility index (Phi) is 3.08. The number of ether oxygens (including phenoxy) is 1.